The van der Waals surface area contributed by atoms with Crippen molar-refractivity contribution in [3.05, 3.63) is 29.5 Å². The van der Waals surface area contributed by atoms with Gasteiger partial charge < -0.3 is 0 Å². The lowest BCUT2D eigenvalue weighted by Crippen LogP contribution is -2.14. The summed E-state index contributed by atoms with van der Waals surface area (Å²) >= 11 is 0. The molecule has 0 atom stereocenters. The van der Waals surface area contributed by atoms with Gasteiger partial charge in [-0.05, 0) is 25.5 Å². The molecule has 0 saturated heterocycles. The van der Waals surface area contributed by atoms with Gasteiger partial charge in [0, 0.05) is 0 Å². The van der Waals surface area contributed by atoms with Crippen LogP contribution < -0.4 is 5.14 Å². The number of hydrogen-bond donors (Lipinski definition) is 1. The Morgan fingerprint density at radius 3 is 2.62 bits per heavy atom. The summed E-state index contributed by atoms with van der Waals surface area (Å²) in [5.74, 6) is -0.164. The van der Waals surface area contributed by atoms with E-state index >= 15 is 0 Å². The van der Waals surface area contributed by atoms with Gasteiger partial charge in [-0.25, -0.2) is 13.6 Å². The number of rotatable bonds is 4. The number of primary sulfonamides is 1. The van der Waals surface area contributed by atoms with Gasteiger partial charge in [0.25, 0.3) is 0 Å². The van der Waals surface area contributed by atoms with Crippen molar-refractivity contribution in [2.75, 3.05) is 5.75 Å². The maximum absolute atomic E-state index is 10.5. The predicted octanol–water partition coefficient (Wildman–Crippen LogP) is 1.34. The van der Waals surface area contributed by atoms with E-state index in [1.165, 1.54) is 11.6 Å². The molecule has 3 nitrogen and oxygen atoms in total. The second kappa shape index (κ2) is 5.75. The van der Waals surface area contributed by atoms with E-state index in [0.29, 0.717) is 0 Å². The highest BCUT2D eigenvalue weighted by Crippen LogP contribution is 1.96. The average molecular weight is 201 g/mol. The van der Waals surface area contributed by atoms with E-state index in [1.54, 1.807) is 6.08 Å². The van der Waals surface area contributed by atoms with Gasteiger partial charge in [0.05, 0.1) is 5.75 Å². The molecule has 0 unspecified atom stereocenters. The lowest BCUT2D eigenvalue weighted by Gasteiger charge is -1.87. The zero-order valence-corrected chi connectivity index (χ0v) is 8.76. The van der Waals surface area contributed by atoms with Gasteiger partial charge in [0.15, 0.2) is 0 Å². The summed E-state index contributed by atoms with van der Waals surface area (Å²) in [7, 11) is -3.39. The molecule has 0 aliphatic carbocycles. The largest absolute Gasteiger partial charge is 0.228 e. The van der Waals surface area contributed by atoms with Crippen LogP contribution in [-0.4, -0.2) is 14.2 Å². The summed E-state index contributed by atoms with van der Waals surface area (Å²) in [6.07, 6.45) is 5.95. The molecule has 0 aromatic rings. The summed E-state index contributed by atoms with van der Waals surface area (Å²) in [5, 5.41) is 4.78. The Bertz CT molecular complexity index is 333. The van der Waals surface area contributed by atoms with Crippen LogP contribution in [0.2, 0.25) is 0 Å². The van der Waals surface area contributed by atoms with Gasteiger partial charge in [-0.2, -0.15) is 0 Å². The van der Waals surface area contributed by atoms with Gasteiger partial charge in [0.1, 0.15) is 0 Å². The molecule has 0 aromatic heterocycles. The Balaban J connectivity index is 4.14. The van der Waals surface area contributed by atoms with Crippen molar-refractivity contribution in [3.8, 4) is 0 Å². The molecule has 74 valence electrons. The van der Waals surface area contributed by atoms with Gasteiger partial charge >= 0.3 is 0 Å². The molecule has 13 heavy (non-hydrogen) atoms. The van der Waals surface area contributed by atoms with Gasteiger partial charge in [0.2, 0.25) is 10.0 Å². The van der Waals surface area contributed by atoms with Crippen LogP contribution in [0.3, 0.4) is 0 Å². The van der Waals surface area contributed by atoms with Crippen LogP contribution in [0.25, 0.3) is 0 Å². The molecule has 0 radical (unpaired) electrons. The summed E-state index contributed by atoms with van der Waals surface area (Å²) in [4.78, 5) is 0. The first kappa shape index (κ1) is 12.2. The van der Waals surface area contributed by atoms with E-state index in [-0.39, 0.29) is 5.75 Å². The molecule has 0 aliphatic heterocycles. The fraction of sp³-hybridized carbons (Fsp3) is 0.444. The average Bonchev–Trinajstić information content (AvgIpc) is 2.01. The standard InChI is InChI=1S/C9H15NO2S/c1-3-9(2)7-5-4-6-8-13(10,11)12/h5-7H,3,8H2,1-2H3,(H2,10,11,12)/b9-7-. The minimum absolute atomic E-state index is 0.164. The van der Waals surface area contributed by atoms with Gasteiger partial charge in [-0.1, -0.05) is 18.6 Å². The first-order valence-corrected chi connectivity index (χ1v) is 5.74. The second-order valence-corrected chi connectivity index (χ2v) is 4.39. The van der Waals surface area contributed by atoms with Crippen LogP contribution in [-0.2, 0) is 10.0 Å². The minimum atomic E-state index is -3.39. The molecule has 4 heteroatoms. The molecule has 2 N–H and O–H groups in total. The molecular weight excluding hydrogens is 186 g/mol. The number of sulfonamides is 1. The molecule has 0 rings (SSSR count). The quantitative estimate of drug-likeness (QED) is 0.551. The van der Waals surface area contributed by atoms with Crippen molar-refractivity contribution in [2.24, 2.45) is 5.14 Å². The van der Waals surface area contributed by atoms with Crippen LogP contribution in [0.4, 0.5) is 0 Å². The zero-order chi connectivity index (χ0) is 10.3. The fourth-order valence-corrected chi connectivity index (χ4v) is 0.869. The summed E-state index contributed by atoms with van der Waals surface area (Å²) in [5.41, 5.74) is 3.94. The Labute approximate surface area is 79.7 Å². The van der Waals surface area contributed by atoms with Crippen molar-refractivity contribution in [2.45, 2.75) is 20.3 Å². The third kappa shape index (κ3) is 9.08. The van der Waals surface area contributed by atoms with E-state index < -0.39 is 10.0 Å². The predicted molar refractivity (Wildman–Crippen MR) is 54.7 cm³/mol. The van der Waals surface area contributed by atoms with Gasteiger partial charge in [-0.3, -0.25) is 0 Å². The topological polar surface area (TPSA) is 60.2 Å². The van der Waals surface area contributed by atoms with Crippen molar-refractivity contribution < 1.29 is 8.42 Å². The van der Waals surface area contributed by atoms with Crippen LogP contribution in [0.1, 0.15) is 20.3 Å². The van der Waals surface area contributed by atoms with E-state index in [4.69, 9.17) is 5.14 Å². The van der Waals surface area contributed by atoms with Crippen molar-refractivity contribution >= 4 is 10.0 Å². The SMILES string of the molecule is CC/C(C)=C\C=C=CCS(N)(=O)=O. The molecular formula is C9H15NO2S. The van der Waals surface area contributed by atoms with E-state index in [9.17, 15) is 8.42 Å². The molecule has 0 fully saturated rings. The second-order valence-electron chi connectivity index (χ2n) is 2.73. The summed E-state index contributed by atoms with van der Waals surface area (Å²) in [6, 6.07) is 0. The molecule has 0 heterocycles. The first-order valence-electron chi connectivity index (χ1n) is 4.03. The van der Waals surface area contributed by atoms with Crippen molar-refractivity contribution in [3.63, 3.8) is 0 Å². The molecule has 0 amide bonds. The Kier molecular flexibility index (Phi) is 5.39. The van der Waals surface area contributed by atoms with Crippen LogP contribution >= 0.6 is 0 Å². The van der Waals surface area contributed by atoms with Crippen molar-refractivity contribution in [1.29, 1.82) is 0 Å². The van der Waals surface area contributed by atoms with Crippen LogP contribution in [0.15, 0.2) is 29.5 Å². The molecule has 0 bridgehead atoms. The fourth-order valence-electron chi connectivity index (χ4n) is 0.541. The van der Waals surface area contributed by atoms with Crippen LogP contribution in [0, 0.1) is 0 Å². The number of hydrogen-bond acceptors (Lipinski definition) is 2. The Morgan fingerprint density at radius 2 is 2.15 bits per heavy atom. The zero-order valence-electron chi connectivity index (χ0n) is 7.95. The van der Waals surface area contributed by atoms with E-state index in [2.05, 4.69) is 5.73 Å². The maximum Gasteiger partial charge on any atom is 0.213 e. The highest BCUT2D eigenvalue weighted by atomic mass is 32.2. The number of allylic oxidation sites excluding steroid dienone is 2. The first-order chi connectivity index (χ1) is 5.95. The summed E-state index contributed by atoms with van der Waals surface area (Å²) < 4.78 is 20.9. The molecule has 0 saturated carbocycles. The van der Waals surface area contributed by atoms with E-state index in [0.717, 1.165) is 6.42 Å². The Morgan fingerprint density at radius 1 is 1.54 bits per heavy atom. The lowest BCUT2D eigenvalue weighted by atomic mass is 10.2. The Hall–Kier alpha value is -0.830. The molecule has 0 aromatic carbocycles. The number of nitrogens with two attached hydrogens (primary N) is 1. The minimum Gasteiger partial charge on any atom is -0.228 e. The third-order valence-corrected chi connectivity index (χ3v) is 2.09. The monoisotopic (exact) mass is 201 g/mol. The molecule has 0 spiro atoms. The lowest BCUT2D eigenvalue weighted by molar-refractivity contribution is 0.600. The van der Waals surface area contributed by atoms with Gasteiger partial charge in [-0.15, -0.1) is 5.73 Å². The van der Waals surface area contributed by atoms with Crippen molar-refractivity contribution in [1.82, 2.24) is 0 Å². The highest BCUT2D eigenvalue weighted by molar-refractivity contribution is 7.89. The van der Waals surface area contributed by atoms with Crippen LogP contribution in [0.5, 0.6) is 0 Å². The third-order valence-electron chi connectivity index (χ3n) is 1.46. The summed E-state index contributed by atoms with van der Waals surface area (Å²) in [6.45, 7) is 4.05. The normalized spacial score (nSPS) is 12.1. The molecule has 0 aliphatic rings. The maximum atomic E-state index is 10.5. The van der Waals surface area contributed by atoms with E-state index in [1.807, 2.05) is 19.9 Å². The highest BCUT2D eigenvalue weighted by Gasteiger charge is 1.94. The smallest absolute Gasteiger partial charge is 0.213 e.